The van der Waals surface area contributed by atoms with Crippen LogP contribution in [-0.4, -0.2) is 23.2 Å². The van der Waals surface area contributed by atoms with Gasteiger partial charge in [0.1, 0.15) is 0 Å². The van der Waals surface area contributed by atoms with Gasteiger partial charge in [0.15, 0.2) is 0 Å². The summed E-state index contributed by atoms with van der Waals surface area (Å²) in [6.07, 6.45) is 0.161. The van der Waals surface area contributed by atoms with Crippen LogP contribution in [0.4, 0.5) is 10.7 Å². The van der Waals surface area contributed by atoms with E-state index in [9.17, 15) is 4.79 Å². The van der Waals surface area contributed by atoms with Gasteiger partial charge in [-0.2, -0.15) is 0 Å². The number of aromatic amines is 1. The molecule has 1 atom stereocenters. The zero-order valence-corrected chi connectivity index (χ0v) is 12.7. The Hall–Kier alpha value is -2.86. The van der Waals surface area contributed by atoms with Crippen molar-refractivity contribution in [3.63, 3.8) is 0 Å². The van der Waals surface area contributed by atoms with Gasteiger partial charge in [0.25, 0.3) is 0 Å². The first-order valence-electron chi connectivity index (χ1n) is 7.30. The van der Waals surface area contributed by atoms with E-state index in [0.717, 1.165) is 28.6 Å². The number of hydrogen-bond acceptors (Lipinski definition) is 4. The van der Waals surface area contributed by atoms with Crippen LogP contribution >= 0.6 is 0 Å². The number of amides is 1. The number of H-pyrrole nitrogens is 1. The molecule has 0 fully saturated rings. The quantitative estimate of drug-likeness (QED) is 0.690. The molecule has 0 radical (unpaired) electrons. The molecule has 1 amide bonds. The summed E-state index contributed by atoms with van der Waals surface area (Å²) in [7, 11) is 1.31. The summed E-state index contributed by atoms with van der Waals surface area (Å²) < 4.78 is 4.55. The number of aromatic nitrogens is 2. The van der Waals surface area contributed by atoms with Crippen molar-refractivity contribution in [2.24, 2.45) is 5.73 Å². The van der Waals surface area contributed by atoms with Crippen molar-refractivity contribution >= 4 is 23.1 Å². The third-order valence-corrected chi connectivity index (χ3v) is 3.64. The minimum atomic E-state index is -0.560. The van der Waals surface area contributed by atoms with Crippen molar-refractivity contribution in [2.45, 2.75) is 12.5 Å². The predicted octanol–water partition coefficient (Wildman–Crippen LogP) is 2.98. The van der Waals surface area contributed by atoms with E-state index in [-0.39, 0.29) is 6.04 Å². The molecule has 3 aromatic rings. The van der Waals surface area contributed by atoms with Crippen LogP contribution in [0.1, 0.15) is 17.2 Å². The summed E-state index contributed by atoms with van der Waals surface area (Å²) in [4.78, 5) is 18.5. The number of nitrogens with zero attached hydrogens (tertiary/aromatic N) is 1. The SMILES string of the molecule is COC(=O)Nc1nc2ccc(CC(N)c3ccccc3)cc2[nH]1. The van der Waals surface area contributed by atoms with Crippen molar-refractivity contribution in [2.75, 3.05) is 12.4 Å². The number of benzene rings is 2. The zero-order chi connectivity index (χ0) is 16.2. The molecule has 0 saturated carbocycles. The number of hydrogen-bond donors (Lipinski definition) is 3. The fourth-order valence-corrected chi connectivity index (χ4v) is 2.46. The Morgan fingerprint density at radius 2 is 2.09 bits per heavy atom. The summed E-state index contributed by atoms with van der Waals surface area (Å²) in [6.45, 7) is 0. The van der Waals surface area contributed by atoms with Gasteiger partial charge in [0.05, 0.1) is 18.1 Å². The second-order valence-corrected chi connectivity index (χ2v) is 5.27. The third kappa shape index (κ3) is 3.49. The Bertz CT molecular complexity index is 814. The van der Waals surface area contributed by atoms with Crippen LogP contribution in [0.15, 0.2) is 48.5 Å². The van der Waals surface area contributed by atoms with Crippen LogP contribution in [0.5, 0.6) is 0 Å². The van der Waals surface area contributed by atoms with E-state index in [1.54, 1.807) is 0 Å². The van der Waals surface area contributed by atoms with E-state index >= 15 is 0 Å². The van der Waals surface area contributed by atoms with Crippen molar-refractivity contribution in [1.29, 1.82) is 0 Å². The van der Waals surface area contributed by atoms with Crippen molar-refractivity contribution < 1.29 is 9.53 Å². The molecule has 0 bridgehead atoms. The highest BCUT2D eigenvalue weighted by molar-refractivity contribution is 5.86. The minimum absolute atomic E-state index is 0.0655. The number of methoxy groups -OCH3 is 1. The van der Waals surface area contributed by atoms with Crippen LogP contribution in [-0.2, 0) is 11.2 Å². The lowest BCUT2D eigenvalue weighted by atomic mass is 9.99. The Kier molecular flexibility index (Phi) is 4.25. The molecule has 6 nitrogen and oxygen atoms in total. The minimum Gasteiger partial charge on any atom is -0.453 e. The number of fused-ring (bicyclic) bond motifs is 1. The number of imidazole rings is 1. The van der Waals surface area contributed by atoms with Gasteiger partial charge in [0.2, 0.25) is 5.95 Å². The van der Waals surface area contributed by atoms with Gasteiger partial charge in [-0.25, -0.2) is 9.78 Å². The zero-order valence-electron chi connectivity index (χ0n) is 12.7. The molecule has 1 aromatic heterocycles. The Morgan fingerprint density at radius 1 is 1.30 bits per heavy atom. The topological polar surface area (TPSA) is 93.0 Å². The molecule has 1 heterocycles. The Morgan fingerprint density at radius 3 is 2.83 bits per heavy atom. The maximum absolute atomic E-state index is 11.2. The molecule has 2 aromatic carbocycles. The van der Waals surface area contributed by atoms with Gasteiger partial charge in [-0.1, -0.05) is 36.4 Å². The lowest BCUT2D eigenvalue weighted by Gasteiger charge is -2.11. The van der Waals surface area contributed by atoms with Gasteiger partial charge >= 0.3 is 6.09 Å². The van der Waals surface area contributed by atoms with Crippen molar-refractivity contribution in [3.8, 4) is 0 Å². The summed E-state index contributed by atoms with van der Waals surface area (Å²) in [5.41, 5.74) is 10.1. The molecule has 4 N–H and O–H groups in total. The van der Waals surface area contributed by atoms with Crippen molar-refractivity contribution in [1.82, 2.24) is 9.97 Å². The number of anilines is 1. The van der Waals surface area contributed by atoms with Crippen LogP contribution in [0.3, 0.4) is 0 Å². The highest BCUT2D eigenvalue weighted by atomic mass is 16.5. The average Bonchev–Trinajstić information content (AvgIpc) is 2.96. The highest BCUT2D eigenvalue weighted by Crippen LogP contribution is 2.20. The van der Waals surface area contributed by atoms with Gasteiger partial charge in [-0.05, 0) is 29.7 Å². The van der Waals surface area contributed by atoms with E-state index in [4.69, 9.17) is 5.73 Å². The molecule has 1 unspecified atom stereocenters. The molecule has 23 heavy (non-hydrogen) atoms. The molecule has 0 aliphatic heterocycles. The van der Waals surface area contributed by atoms with E-state index < -0.39 is 6.09 Å². The maximum atomic E-state index is 11.2. The number of rotatable bonds is 4. The van der Waals surface area contributed by atoms with E-state index in [2.05, 4.69) is 20.0 Å². The summed E-state index contributed by atoms with van der Waals surface area (Å²) in [5, 5.41) is 2.51. The molecule has 0 aliphatic rings. The summed E-state index contributed by atoms with van der Waals surface area (Å²) in [5.74, 6) is 0.358. The maximum Gasteiger partial charge on any atom is 0.413 e. The third-order valence-electron chi connectivity index (χ3n) is 3.64. The number of carbonyl (C=O) groups excluding carboxylic acids is 1. The molecule has 0 saturated heterocycles. The first-order chi connectivity index (χ1) is 11.2. The standard InChI is InChI=1S/C17H18N4O2/c1-23-17(22)21-16-19-14-8-7-11(10-15(14)20-16)9-13(18)12-5-3-2-4-6-12/h2-8,10,13H,9,18H2,1H3,(H2,19,20,21,22). The Labute approximate surface area is 133 Å². The number of nitrogens with one attached hydrogen (secondary N) is 2. The van der Waals surface area contributed by atoms with Gasteiger partial charge < -0.3 is 15.5 Å². The fourth-order valence-electron chi connectivity index (χ4n) is 2.46. The normalized spacial score (nSPS) is 12.1. The largest absolute Gasteiger partial charge is 0.453 e. The van der Waals surface area contributed by atoms with E-state index in [1.165, 1.54) is 7.11 Å². The molecule has 3 rings (SSSR count). The summed E-state index contributed by atoms with van der Waals surface area (Å²) >= 11 is 0. The average molecular weight is 310 g/mol. The Balaban J connectivity index is 1.78. The fraction of sp³-hybridized carbons (Fsp3) is 0.176. The van der Waals surface area contributed by atoms with E-state index in [0.29, 0.717) is 5.95 Å². The molecular weight excluding hydrogens is 292 g/mol. The molecule has 0 spiro atoms. The molecular formula is C17H18N4O2. The smallest absolute Gasteiger partial charge is 0.413 e. The second-order valence-electron chi connectivity index (χ2n) is 5.27. The summed E-state index contributed by atoms with van der Waals surface area (Å²) in [6, 6.07) is 15.8. The molecule has 118 valence electrons. The number of carbonyl (C=O) groups is 1. The van der Waals surface area contributed by atoms with Crippen LogP contribution in [0.25, 0.3) is 11.0 Å². The lowest BCUT2D eigenvalue weighted by Crippen LogP contribution is -2.13. The monoisotopic (exact) mass is 310 g/mol. The van der Waals surface area contributed by atoms with Gasteiger partial charge in [-0.15, -0.1) is 0 Å². The molecule has 6 heteroatoms. The number of ether oxygens (including phenoxy) is 1. The first kappa shape index (κ1) is 15.1. The van der Waals surface area contributed by atoms with Gasteiger partial charge in [-0.3, -0.25) is 5.32 Å². The van der Waals surface area contributed by atoms with E-state index in [1.807, 2.05) is 48.5 Å². The van der Waals surface area contributed by atoms with Crippen LogP contribution < -0.4 is 11.1 Å². The lowest BCUT2D eigenvalue weighted by molar-refractivity contribution is 0.186. The first-order valence-corrected chi connectivity index (χ1v) is 7.30. The van der Waals surface area contributed by atoms with Gasteiger partial charge in [0, 0.05) is 6.04 Å². The van der Waals surface area contributed by atoms with Crippen LogP contribution in [0.2, 0.25) is 0 Å². The molecule has 0 aliphatic carbocycles. The van der Waals surface area contributed by atoms with Crippen molar-refractivity contribution in [3.05, 3.63) is 59.7 Å². The number of nitrogens with two attached hydrogens (primary N) is 1. The van der Waals surface area contributed by atoms with Crippen LogP contribution in [0, 0.1) is 0 Å². The second kappa shape index (κ2) is 6.50. The highest BCUT2D eigenvalue weighted by Gasteiger charge is 2.10. The predicted molar refractivity (Wildman–Crippen MR) is 89.2 cm³/mol.